The number of carbonyl (C=O) groups excluding carboxylic acids is 1. The molecule has 4 nitrogen and oxygen atoms in total. The fourth-order valence-electron chi connectivity index (χ4n) is 0.800. The van der Waals surface area contributed by atoms with Gasteiger partial charge in [-0.25, -0.2) is 0 Å². The van der Waals surface area contributed by atoms with Gasteiger partial charge in [-0.1, -0.05) is 18.2 Å². The van der Waals surface area contributed by atoms with E-state index >= 15 is 0 Å². The molecule has 4 N–H and O–H groups in total. The lowest BCUT2D eigenvalue weighted by Crippen LogP contribution is -2.20. The molecule has 0 heterocycles. The van der Waals surface area contributed by atoms with E-state index in [9.17, 15) is 4.79 Å². The van der Waals surface area contributed by atoms with Crippen LogP contribution < -0.4 is 11.5 Å². The Labute approximate surface area is 81.9 Å². The third-order valence-electron chi connectivity index (χ3n) is 1.52. The Bertz CT molecular complexity index is 368. The highest BCUT2D eigenvalue weighted by Gasteiger charge is 1.93. The highest BCUT2D eigenvalue weighted by molar-refractivity contribution is 5.95. The van der Waals surface area contributed by atoms with E-state index in [0.717, 1.165) is 5.69 Å². The molecule has 0 aliphatic heterocycles. The van der Waals surface area contributed by atoms with E-state index in [-0.39, 0.29) is 5.70 Å². The Morgan fingerprint density at radius 3 is 2.43 bits per heavy atom. The van der Waals surface area contributed by atoms with Gasteiger partial charge in [-0.3, -0.25) is 9.79 Å². The molecule has 0 unspecified atom stereocenters. The molecule has 0 saturated carbocycles. The van der Waals surface area contributed by atoms with Crippen molar-refractivity contribution in [2.75, 3.05) is 0 Å². The first-order valence-corrected chi connectivity index (χ1v) is 4.05. The van der Waals surface area contributed by atoms with E-state index in [2.05, 4.69) is 4.99 Å². The summed E-state index contributed by atoms with van der Waals surface area (Å²) in [4.78, 5) is 14.5. The van der Waals surface area contributed by atoms with Crippen molar-refractivity contribution in [2.45, 2.75) is 0 Å². The van der Waals surface area contributed by atoms with Crippen LogP contribution >= 0.6 is 0 Å². The fourth-order valence-corrected chi connectivity index (χ4v) is 0.800. The highest BCUT2D eigenvalue weighted by atomic mass is 16.1. The zero-order valence-electron chi connectivity index (χ0n) is 7.55. The summed E-state index contributed by atoms with van der Waals surface area (Å²) in [6.45, 7) is 0. The Hall–Kier alpha value is -2.10. The number of nitrogens with two attached hydrogens (primary N) is 2. The second-order valence-electron chi connectivity index (χ2n) is 2.60. The summed E-state index contributed by atoms with van der Waals surface area (Å²) in [5.41, 5.74) is 11.0. The van der Waals surface area contributed by atoms with Crippen molar-refractivity contribution in [1.29, 1.82) is 0 Å². The van der Waals surface area contributed by atoms with Gasteiger partial charge in [-0.2, -0.15) is 0 Å². The quantitative estimate of drug-likeness (QED) is 0.542. The first-order chi connectivity index (χ1) is 6.70. The number of allylic oxidation sites excluding steroid dienone is 1. The predicted octanol–water partition coefficient (Wildman–Crippen LogP) is 0.717. The van der Waals surface area contributed by atoms with Crippen molar-refractivity contribution in [1.82, 2.24) is 0 Å². The number of benzene rings is 1. The molecule has 72 valence electrons. The van der Waals surface area contributed by atoms with Gasteiger partial charge in [0.05, 0.1) is 11.4 Å². The zero-order chi connectivity index (χ0) is 10.4. The molecule has 0 radical (unpaired) electrons. The van der Waals surface area contributed by atoms with Gasteiger partial charge in [0.15, 0.2) is 0 Å². The molecule has 0 aromatic heterocycles. The van der Waals surface area contributed by atoms with Crippen LogP contribution in [0.1, 0.15) is 0 Å². The Kier molecular flexibility index (Phi) is 3.43. The Balaban J connectivity index is 2.66. The smallest absolute Gasteiger partial charge is 0.264 e. The molecule has 1 aromatic carbocycles. The molecule has 0 fully saturated rings. The van der Waals surface area contributed by atoms with Gasteiger partial charge in [0, 0.05) is 6.21 Å². The van der Waals surface area contributed by atoms with Crippen LogP contribution in [0.3, 0.4) is 0 Å². The summed E-state index contributed by atoms with van der Waals surface area (Å²) >= 11 is 0. The number of aliphatic imine (C=N–C) groups is 1. The van der Waals surface area contributed by atoms with E-state index in [1.807, 2.05) is 30.3 Å². The van der Waals surface area contributed by atoms with Gasteiger partial charge in [0.2, 0.25) is 0 Å². The van der Waals surface area contributed by atoms with Gasteiger partial charge in [-0.05, 0) is 18.2 Å². The molecule has 0 aliphatic carbocycles. The van der Waals surface area contributed by atoms with Crippen LogP contribution in [0.4, 0.5) is 5.69 Å². The van der Waals surface area contributed by atoms with E-state index in [1.165, 1.54) is 12.3 Å². The second-order valence-corrected chi connectivity index (χ2v) is 2.60. The summed E-state index contributed by atoms with van der Waals surface area (Å²) in [6.07, 6.45) is 2.81. The maximum atomic E-state index is 10.5. The first kappa shape index (κ1) is 9.98. The largest absolute Gasteiger partial charge is 0.394 e. The fraction of sp³-hybridized carbons (Fsp3) is 0. The lowest BCUT2D eigenvalue weighted by molar-refractivity contribution is -0.114. The minimum atomic E-state index is -0.649. The van der Waals surface area contributed by atoms with Crippen LogP contribution in [0.25, 0.3) is 0 Å². The predicted molar refractivity (Wildman–Crippen MR) is 56.1 cm³/mol. The molecular weight excluding hydrogens is 178 g/mol. The number of hydrogen-bond acceptors (Lipinski definition) is 3. The summed E-state index contributed by atoms with van der Waals surface area (Å²) in [7, 11) is 0. The summed E-state index contributed by atoms with van der Waals surface area (Å²) in [5, 5.41) is 0. The van der Waals surface area contributed by atoms with Crippen LogP contribution in [-0.2, 0) is 4.79 Å². The number of para-hydroxylation sites is 1. The zero-order valence-corrected chi connectivity index (χ0v) is 7.55. The van der Waals surface area contributed by atoms with Crippen molar-refractivity contribution in [3.8, 4) is 0 Å². The Morgan fingerprint density at radius 2 is 1.86 bits per heavy atom. The second kappa shape index (κ2) is 4.81. The maximum absolute atomic E-state index is 10.5. The first-order valence-electron chi connectivity index (χ1n) is 4.05. The monoisotopic (exact) mass is 189 g/mol. The highest BCUT2D eigenvalue weighted by Crippen LogP contribution is 2.08. The van der Waals surface area contributed by atoms with E-state index < -0.39 is 5.91 Å². The van der Waals surface area contributed by atoms with Gasteiger partial charge >= 0.3 is 0 Å². The Morgan fingerprint density at radius 1 is 1.21 bits per heavy atom. The van der Waals surface area contributed by atoms with Crippen LogP contribution in [0, 0.1) is 0 Å². The number of nitrogens with zero attached hydrogens (tertiary/aromatic N) is 1. The van der Waals surface area contributed by atoms with Gasteiger partial charge < -0.3 is 11.5 Å². The molecule has 1 aromatic rings. The SMILES string of the molecule is NC(=O)/C(N)=C/C=Nc1ccccc1. The van der Waals surface area contributed by atoms with Crippen LogP contribution in [0.5, 0.6) is 0 Å². The molecule has 1 amide bonds. The maximum Gasteiger partial charge on any atom is 0.264 e. The van der Waals surface area contributed by atoms with Crippen molar-refractivity contribution in [3.63, 3.8) is 0 Å². The molecule has 14 heavy (non-hydrogen) atoms. The summed E-state index contributed by atoms with van der Waals surface area (Å²) in [6, 6.07) is 9.31. The number of carbonyl (C=O) groups is 1. The molecular formula is C10H11N3O. The number of primary amides is 1. The molecule has 0 bridgehead atoms. The molecule has 0 aliphatic rings. The molecule has 0 spiro atoms. The van der Waals surface area contributed by atoms with Crippen molar-refractivity contribution >= 4 is 17.8 Å². The van der Waals surface area contributed by atoms with Crippen molar-refractivity contribution < 1.29 is 4.79 Å². The average Bonchev–Trinajstić information content (AvgIpc) is 2.19. The van der Waals surface area contributed by atoms with Gasteiger partial charge in [-0.15, -0.1) is 0 Å². The molecule has 1 rings (SSSR count). The number of hydrogen-bond donors (Lipinski definition) is 2. The van der Waals surface area contributed by atoms with Crippen LogP contribution in [-0.4, -0.2) is 12.1 Å². The molecule has 0 saturated heterocycles. The third-order valence-corrected chi connectivity index (χ3v) is 1.52. The summed E-state index contributed by atoms with van der Waals surface area (Å²) < 4.78 is 0. The van der Waals surface area contributed by atoms with Crippen molar-refractivity contribution in [3.05, 3.63) is 42.1 Å². The van der Waals surface area contributed by atoms with Gasteiger partial charge in [0.25, 0.3) is 5.91 Å². The van der Waals surface area contributed by atoms with E-state index in [1.54, 1.807) is 0 Å². The average molecular weight is 189 g/mol. The van der Waals surface area contributed by atoms with Crippen LogP contribution in [0.2, 0.25) is 0 Å². The topological polar surface area (TPSA) is 81.5 Å². The van der Waals surface area contributed by atoms with Gasteiger partial charge in [0.1, 0.15) is 0 Å². The van der Waals surface area contributed by atoms with Crippen LogP contribution in [0.15, 0.2) is 47.1 Å². The molecule has 0 atom stereocenters. The van der Waals surface area contributed by atoms with E-state index in [4.69, 9.17) is 11.5 Å². The minimum absolute atomic E-state index is 0.00955. The standard InChI is InChI=1S/C10H11N3O/c11-9(10(12)14)6-7-13-8-4-2-1-3-5-8/h1-7H,11H2,(H2,12,14)/b9-6-,13-7?. The lowest BCUT2D eigenvalue weighted by Gasteiger charge is -1.91. The van der Waals surface area contributed by atoms with E-state index in [0.29, 0.717) is 0 Å². The third kappa shape index (κ3) is 3.10. The number of amides is 1. The minimum Gasteiger partial charge on any atom is -0.394 e. The normalized spacial score (nSPS) is 11.9. The summed E-state index contributed by atoms with van der Waals surface area (Å²) in [5.74, 6) is -0.649. The lowest BCUT2D eigenvalue weighted by atomic mass is 10.3. The number of rotatable bonds is 3. The van der Waals surface area contributed by atoms with Crippen molar-refractivity contribution in [2.24, 2.45) is 16.5 Å². The molecule has 4 heteroatoms.